The molecule has 1 N–H and O–H groups in total. The summed E-state index contributed by atoms with van der Waals surface area (Å²) in [5.41, 5.74) is 3.09. The predicted octanol–water partition coefficient (Wildman–Crippen LogP) is 3.41. The van der Waals surface area contributed by atoms with Crippen molar-refractivity contribution in [1.82, 2.24) is 10.2 Å². The lowest BCUT2D eigenvalue weighted by molar-refractivity contribution is -0.384. The number of fused-ring (bicyclic) bond motifs is 3. The number of hydrogen-bond acceptors (Lipinski definition) is 5. The standard InChI is InChI=1S/C23H25ClN4O3/c1-2-9-25-23(29)20-13-17-12-19(28(30)31)7-8-21(17)27-11-10-26(15-22(20)27)14-16-3-5-18(24)6-4-16/h2-8,12,20,22H,1,9-11,13-15H2,(H,25,29). The summed E-state index contributed by atoms with van der Waals surface area (Å²) in [5, 5.41) is 14.9. The number of non-ortho nitro benzene ring substituents is 1. The number of benzene rings is 2. The summed E-state index contributed by atoms with van der Waals surface area (Å²) in [6, 6.07) is 12.8. The third-order valence-electron chi connectivity index (χ3n) is 6.07. The Bertz CT molecular complexity index is 995. The van der Waals surface area contributed by atoms with Crippen LogP contribution in [-0.4, -0.2) is 48.0 Å². The van der Waals surface area contributed by atoms with Crippen molar-refractivity contribution >= 4 is 28.9 Å². The second-order valence-electron chi connectivity index (χ2n) is 8.04. The fourth-order valence-electron chi connectivity index (χ4n) is 4.58. The highest BCUT2D eigenvalue weighted by molar-refractivity contribution is 6.30. The zero-order valence-corrected chi connectivity index (χ0v) is 17.9. The average Bonchev–Trinajstić information content (AvgIpc) is 2.77. The van der Waals surface area contributed by atoms with E-state index in [1.54, 1.807) is 18.2 Å². The highest BCUT2D eigenvalue weighted by Crippen LogP contribution is 2.38. The lowest BCUT2D eigenvalue weighted by atomic mass is 9.83. The molecule has 2 unspecified atom stereocenters. The number of amides is 1. The average molecular weight is 441 g/mol. The van der Waals surface area contributed by atoms with E-state index in [0.717, 1.165) is 37.4 Å². The normalized spacial score (nSPS) is 20.5. The van der Waals surface area contributed by atoms with E-state index >= 15 is 0 Å². The number of hydrogen-bond donors (Lipinski definition) is 1. The molecule has 0 bridgehead atoms. The van der Waals surface area contributed by atoms with E-state index in [1.807, 2.05) is 30.3 Å². The molecule has 8 heteroatoms. The summed E-state index contributed by atoms with van der Waals surface area (Å²) in [6.07, 6.45) is 2.14. The van der Waals surface area contributed by atoms with Crippen LogP contribution in [-0.2, 0) is 17.8 Å². The lowest BCUT2D eigenvalue weighted by Gasteiger charge is -2.49. The number of piperazine rings is 1. The molecule has 7 nitrogen and oxygen atoms in total. The van der Waals surface area contributed by atoms with E-state index in [0.29, 0.717) is 18.0 Å². The Morgan fingerprint density at radius 2 is 2.03 bits per heavy atom. The van der Waals surface area contributed by atoms with Crippen molar-refractivity contribution in [3.05, 3.63) is 81.4 Å². The van der Waals surface area contributed by atoms with Gasteiger partial charge in [-0.05, 0) is 35.7 Å². The van der Waals surface area contributed by atoms with Crippen LogP contribution in [0.5, 0.6) is 0 Å². The van der Waals surface area contributed by atoms with Crippen molar-refractivity contribution in [3.8, 4) is 0 Å². The fraction of sp³-hybridized carbons (Fsp3) is 0.348. The number of halogens is 1. The summed E-state index contributed by atoms with van der Waals surface area (Å²) in [4.78, 5) is 28.5. The van der Waals surface area contributed by atoms with Crippen LogP contribution in [0.2, 0.25) is 5.02 Å². The maximum Gasteiger partial charge on any atom is 0.269 e. The number of anilines is 1. The van der Waals surface area contributed by atoms with Crippen LogP contribution in [0, 0.1) is 16.0 Å². The topological polar surface area (TPSA) is 78.7 Å². The lowest BCUT2D eigenvalue weighted by Crippen LogP contribution is -2.60. The first-order chi connectivity index (χ1) is 15.0. The highest BCUT2D eigenvalue weighted by atomic mass is 35.5. The minimum atomic E-state index is -0.386. The van der Waals surface area contributed by atoms with Crippen molar-refractivity contribution in [1.29, 1.82) is 0 Å². The van der Waals surface area contributed by atoms with E-state index in [1.165, 1.54) is 5.56 Å². The summed E-state index contributed by atoms with van der Waals surface area (Å²) >= 11 is 6.01. The Hall–Kier alpha value is -2.90. The van der Waals surface area contributed by atoms with Crippen LogP contribution in [0.4, 0.5) is 11.4 Å². The van der Waals surface area contributed by atoms with Crippen LogP contribution in [0.15, 0.2) is 55.1 Å². The number of carbonyl (C=O) groups excluding carboxylic acids is 1. The number of nitro groups is 1. The van der Waals surface area contributed by atoms with Gasteiger partial charge >= 0.3 is 0 Å². The molecule has 2 aliphatic heterocycles. The molecule has 2 aromatic carbocycles. The van der Waals surface area contributed by atoms with Gasteiger partial charge in [0.25, 0.3) is 5.69 Å². The number of rotatable bonds is 6. The van der Waals surface area contributed by atoms with Crippen molar-refractivity contribution in [2.24, 2.45) is 5.92 Å². The second kappa shape index (κ2) is 9.08. The molecule has 0 spiro atoms. The van der Waals surface area contributed by atoms with Gasteiger partial charge in [-0.25, -0.2) is 0 Å². The van der Waals surface area contributed by atoms with Gasteiger partial charge in [-0.1, -0.05) is 29.8 Å². The molecule has 2 atom stereocenters. The molecular weight excluding hydrogens is 416 g/mol. The van der Waals surface area contributed by atoms with Gasteiger partial charge in [0.1, 0.15) is 0 Å². The predicted molar refractivity (Wildman–Crippen MR) is 121 cm³/mol. The van der Waals surface area contributed by atoms with Crippen molar-refractivity contribution < 1.29 is 9.72 Å². The Morgan fingerprint density at radius 1 is 1.26 bits per heavy atom. The third-order valence-corrected chi connectivity index (χ3v) is 6.32. The number of nitro benzene ring substituents is 1. The third kappa shape index (κ3) is 4.57. The molecule has 1 amide bonds. The maximum atomic E-state index is 13.0. The van der Waals surface area contributed by atoms with Gasteiger partial charge in [0, 0.05) is 55.6 Å². The van der Waals surface area contributed by atoms with Gasteiger partial charge in [0.05, 0.1) is 16.9 Å². The minimum Gasteiger partial charge on any atom is -0.365 e. The summed E-state index contributed by atoms with van der Waals surface area (Å²) in [6.45, 7) is 7.21. The van der Waals surface area contributed by atoms with E-state index in [4.69, 9.17) is 11.6 Å². The van der Waals surface area contributed by atoms with Crippen LogP contribution >= 0.6 is 11.6 Å². The molecular formula is C23H25ClN4O3. The van der Waals surface area contributed by atoms with E-state index in [-0.39, 0.29) is 28.5 Å². The zero-order chi connectivity index (χ0) is 22.0. The molecule has 0 aromatic heterocycles. The smallest absolute Gasteiger partial charge is 0.269 e. The number of nitrogens with one attached hydrogen (secondary N) is 1. The van der Waals surface area contributed by atoms with Crippen molar-refractivity contribution in [2.75, 3.05) is 31.1 Å². The van der Waals surface area contributed by atoms with Gasteiger partial charge in [-0.2, -0.15) is 0 Å². The van der Waals surface area contributed by atoms with Crippen LogP contribution in [0.1, 0.15) is 11.1 Å². The first kappa shape index (κ1) is 21.3. The van der Waals surface area contributed by atoms with Gasteiger partial charge in [-0.15, -0.1) is 6.58 Å². The first-order valence-electron chi connectivity index (χ1n) is 10.4. The molecule has 162 valence electrons. The van der Waals surface area contributed by atoms with Crippen molar-refractivity contribution in [2.45, 2.75) is 19.0 Å². The molecule has 4 rings (SSSR count). The van der Waals surface area contributed by atoms with Gasteiger partial charge in [0.15, 0.2) is 0 Å². The van der Waals surface area contributed by atoms with Gasteiger partial charge in [0.2, 0.25) is 5.91 Å². The zero-order valence-electron chi connectivity index (χ0n) is 17.2. The van der Waals surface area contributed by atoms with Crippen LogP contribution in [0.3, 0.4) is 0 Å². The molecule has 2 aliphatic rings. The SMILES string of the molecule is C=CCNC(=O)C1Cc2cc([N+](=O)[O-])ccc2N2CCN(Cc3ccc(Cl)cc3)CC12. The van der Waals surface area contributed by atoms with Gasteiger partial charge < -0.3 is 10.2 Å². The number of carbonyl (C=O) groups is 1. The van der Waals surface area contributed by atoms with Gasteiger partial charge in [-0.3, -0.25) is 19.8 Å². The van der Waals surface area contributed by atoms with E-state index in [2.05, 4.69) is 21.7 Å². The quantitative estimate of drug-likeness (QED) is 0.423. The Balaban J connectivity index is 1.60. The van der Waals surface area contributed by atoms with E-state index in [9.17, 15) is 14.9 Å². The summed E-state index contributed by atoms with van der Waals surface area (Å²) in [5.74, 6) is -0.331. The monoisotopic (exact) mass is 440 g/mol. The molecule has 2 heterocycles. The highest BCUT2D eigenvalue weighted by Gasteiger charge is 2.41. The molecule has 1 fully saturated rings. The molecule has 0 aliphatic carbocycles. The Labute approximate surface area is 186 Å². The molecule has 2 aromatic rings. The summed E-state index contributed by atoms with van der Waals surface area (Å²) < 4.78 is 0. The Kier molecular flexibility index (Phi) is 6.25. The molecule has 0 radical (unpaired) electrons. The van der Waals surface area contributed by atoms with Crippen LogP contribution < -0.4 is 10.2 Å². The first-order valence-corrected chi connectivity index (χ1v) is 10.7. The fourth-order valence-corrected chi connectivity index (χ4v) is 4.70. The van der Waals surface area contributed by atoms with Crippen molar-refractivity contribution in [3.63, 3.8) is 0 Å². The molecule has 31 heavy (non-hydrogen) atoms. The second-order valence-corrected chi connectivity index (χ2v) is 8.47. The minimum absolute atomic E-state index is 0.000165. The van der Waals surface area contributed by atoms with E-state index < -0.39 is 0 Å². The number of nitrogens with zero attached hydrogens (tertiary/aromatic N) is 3. The largest absolute Gasteiger partial charge is 0.365 e. The molecule has 0 saturated carbocycles. The Morgan fingerprint density at radius 3 is 2.74 bits per heavy atom. The maximum absolute atomic E-state index is 13.0. The van der Waals surface area contributed by atoms with Crippen LogP contribution in [0.25, 0.3) is 0 Å². The summed E-state index contributed by atoms with van der Waals surface area (Å²) in [7, 11) is 0. The molecule has 1 saturated heterocycles.